The normalized spacial score (nSPS) is 16.5. The van der Waals surface area contributed by atoms with Crippen molar-refractivity contribution in [1.82, 2.24) is 10.3 Å². The third-order valence-corrected chi connectivity index (χ3v) is 6.69. The summed E-state index contributed by atoms with van der Waals surface area (Å²) in [5.74, 6) is 2.92. The minimum atomic E-state index is 0.354. The van der Waals surface area contributed by atoms with Gasteiger partial charge in [0, 0.05) is 55.4 Å². The van der Waals surface area contributed by atoms with E-state index >= 15 is 0 Å². The van der Waals surface area contributed by atoms with Crippen molar-refractivity contribution in [3.8, 4) is 0 Å². The summed E-state index contributed by atoms with van der Waals surface area (Å²) in [7, 11) is 4.18. The van der Waals surface area contributed by atoms with Crippen LogP contribution in [0, 0.1) is 0 Å². The molecule has 0 radical (unpaired) electrons. The zero-order valence-corrected chi connectivity index (χ0v) is 17.1. The Bertz CT molecular complexity index is 863. The fourth-order valence-corrected chi connectivity index (χ4v) is 5.09. The second kappa shape index (κ2) is 8.41. The van der Waals surface area contributed by atoms with Gasteiger partial charge in [0.15, 0.2) is 0 Å². The van der Waals surface area contributed by atoms with Gasteiger partial charge in [0.25, 0.3) is 0 Å². The largest absolute Gasteiger partial charge is 0.378 e. The number of H-pyrrole nitrogens is 1. The van der Waals surface area contributed by atoms with E-state index in [1.807, 2.05) is 0 Å². The van der Waals surface area contributed by atoms with Crippen molar-refractivity contribution in [2.45, 2.75) is 24.8 Å². The first-order chi connectivity index (χ1) is 13.2. The number of aromatic nitrogens is 1. The predicted molar refractivity (Wildman–Crippen MR) is 119 cm³/mol. The summed E-state index contributed by atoms with van der Waals surface area (Å²) in [5, 5.41) is 5.21. The Morgan fingerprint density at radius 2 is 1.81 bits per heavy atom. The van der Waals surface area contributed by atoms with E-state index in [1.165, 1.54) is 52.1 Å². The molecule has 4 rings (SSSR count). The van der Waals surface area contributed by atoms with Crippen LogP contribution in [-0.4, -0.2) is 43.2 Å². The van der Waals surface area contributed by atoms with Gasteiger partial charge in [-0.05, 0) is 53.7 Å². The predicted octanol–water partition coefficient (Wildman–Crippen LogP) is 4.85. The van der Waals surface area contributed by atoms with Crippen LogP contribution in [0.4, 0.5) is 5.69 Å². The van der Waals surface area contributed by atoms with E-state index in [-0.39, 0.29) is 0 Å². The van der Waals surface area contributed by atoms with Crippen molar-refractivity contribution in [2.24, 2.45) is 0 Å². The number of rotatable bonds is 6. The number of aromatic amines is 1. The molecule has 1 atom stereocenters. The highest BCUT2D eigenvalue weighted by molar-refractivity contribution is 7.99. The smallest absolute Gasteiger partial charge is 0.0457 e. The molecule has 1 aliphatic heterocycles. The van der Waals surface area contributed by atoms with Crippen molar-refractivity contribution in [3.05, 3.63) is 65.9 Å². The number of anilines is 1. The van der Waals surface area contributed by atoms with Crippen LogP contribution in [0.1, 0.15) is 29.9 Å². The maximum Gasteiger partial charge on any atom is 0.0457 e. The first-order valence-electron chi connectivity index (χ1n) is 9.87. The fraction of sp³-hybridized carbons (Fsp3) is 0.391. The number of hydrogen-bond donors (Lipinski definition) is 2. The molecule has 0 spiro atoms. The molecule has 1 saturated heterocycles. The standard InChI is InChI=1S/C23H29N3S/c1-26(2)19-9-7-17(8-10-19)21(15-24-18-11-13-27-14-12-18)22-16-25-23-6-4-3-5-20(22)23/h3-10,16,18,21,24-25H,11-15H2,1-2H3. The Labute approximate surface area is 166 Å². The highest BCUT2D eigenvalue weighted by Crippen LogP contribution is 2.32. The monoisotopic (exact) mass is 379 g/mol. The number of benzene rings is 2. The Hall–Kier alpha value is -1.91. The number of nitrogens with one attached hydrogen (secondary N) is 2. The fourth-order valence-electron chi connectivity index (χ4n) is 3.98. The van der Waals surface area contributed by atoms with Gasteiger partial charge < -0.3 is 15.2 Å². The third-order valence-electron chi connectivity index (χ3n) is 5.64. The molecule has 1 aliphatic rings. The van der Waals surface area contributed by atoms with Crippen LogP contribution in [0.5, 0.6) is 0 Å². The highest BCUT2D eigenvalue weighted by Gasteiger charge is 2.21. The second-order valence-electron chi connectivity index (χ2n) is 7.62. The molecule has 2 aromatic carbocycles. The quantitative estimate of drug-likeness (QED) is 0.642. The van der Waals surface area contributed by atoms with Crippen LogP contribution in [0.15, 0.2) is 54.7 Å². The molecular formula is C23H29N3S. The number of nitrogens with zero attached hydrogens (tertiary/aromatic N) is 1. The summed E-state index contributed by atoms with van der Waals surface area (Å²) >= 11 is 2.08. The lowest BCUT2D eigenvalue weighted by Gasteiger charge is -2.26. The van der Waals surface area contributed by atoms with Gasteiger partial charge in [-0.1, -0.05) is 30.3 Å². The molecule has 27 heavy (non-hydrogen) atoms. The Balaban J connectivity index is 1.63. The molecule has 3 aromatic rings. The lowest BCUT2D eigenvalue weighted by molar-refractivity contribution is 0.472. The van der Waals surface area contributed by atoms with E-state index in [1.54, 1.807) is 0 Å². The van der Waals surface area contributed by atoms with Crippen molar-refractivity contribution in [2.75, 3.05) is 37.0 Å². The van der Waals surface area contributed by atoms with Gasteiger partial charge >= 0.3 is 0 Å². The highest BCUT2D eigenvalue weighted by atomic mass is 32.2. The van der Waals surface area contributed by atoms with Gasteiger partial charge in [0.1, 0.15) is 0 Å². The molecule has 0 aliphatic carbocycles. The summed E-state index contributed by atoms with van der Waals surface area (Å²) in [6.45, 7) is 0.985. The van der Waals surface area contributed by atoms with Gasteiger partial charge in [0.05, 0.1) is 0 Å². The van der Waals surface area contributed by atoms with Gasteiger partial charge in [-0.2, -0.15) is 11.8 Å². The summed E-state index contributed by atoms with van der Waals surface area (Å²) < 4.78 is 0. The maximum atomic E-state index is 3.87. The van der Waals surface area contributed by atoms with Gasteiger partial charge in [0.2, 0.25) is 0 Å². The first kappa shape index (κ1) is 18.5. The van der Waals surface area contributed by atoms with E-state index in [0.717, 1.165) is 6.54 Å². The third kappa shape index (κ3) is 4.17. The molecular weight excluding hydrogens is 350 g/mol. The number of para-hydroxylation sites is 1. The van der Waals surface area contributed by atoms with Gasteiger partial charge in [-0.15, -0.1) is 0 Å². The SMILES string of the molecule is CN(C)c1ccc(C(CNC2CCSCC2)c2c[nH]c3ccccc23)cc1. The number of hydrogen-bond acceptors (Lipinski definition) is 3. The summed E-state index contributed by atoms with van der Waals surface area (Å²) in [6.07, 6.45) is 4.77. The molecule has 2 N–H and O–H groups in total. The van der Waals surface area contributed by atoms with Crippen LogP contribution < -0.4 is 10.2 Å². The van der Waals surface area contributed by atoms with E-state index in [9.17, 15) is 0 Å². The first-order valence-corrected chi connectivity index (χ1v) is 11.0. The second-order valence-corrected chi connectivity index (χ2v) is 8.85. The van der Waals surface area contributed by atoms with Crippen LogP contribution in [0.2, 0.25) is 0 Å². The Morgan fingerprint density at radius 1 is 1.07 bits per heavy atom. The van der Waals surface area contributed by atoms with E-state index in [4.69, 9.17) is 0 Å². The number of thioether (sulfide) groups is 1. The minimum Gasteiger partial charge on any atom is -0.378 e. The molecule has 1 aromatic heterocycles. The molecule has 1 fully saturated rings. The molecule has 2 heterocycles. The van der Waals surface area contributed by atoms with Crippen molar-refractivity contribution in [1.29, 1.82) is 0 Å². The zero-order valence-electron chi connectivity index (χ0n) is 16.2. The average molecular weight is 380 g/mol. The lowest BCUT2D eigenvalue weighted by Crippen LogP contribution is -2.35. The molecule has 1 unspecified atom stereocenters. The Kier molecular flexibility index (Phi) is 5.74. The van der Waals surface area contributed by atoms with Crippen LogP contribution in [-0.2, 0) is 0 Å². The van der Waals surface area contributed by atoms with Crippen molar-refractivity contribution < 1.29 is 0 Å². The van der Waals surface area contributed by atoms with Crippen LogP contribution >= 0.6 is 11.8 Å². The minimum absolute atomic E-state index is 0.354. The van der Waals surface area contributed by atoms with Crippen LogP contribution in [0.3, 0.4) is 0 Å². The molecule has 3 nitrogen and oxygen atoms in total. The van der Waals surface area contributed by atoms with Gasteiger partial charge in [-0.25, -0.2) is 0 Å². The summed E-state index contributed by atoms with van der Waals surface area (Å²) in [5.41, 5.74) is 5.23. The van der Waals surface area contributed by atoms with Crippen molar-refractivity contribution >= 4 is 28.4 Å². The average Bonchev–Trinajstić information content (AvgIpc) is 3.13. The lowest BCUT2D eigenvalue weighted by atomic mass is 9.90. The van der Waals surface area contributed by atoms with E-state index in [0.29, 0.717) is 12.0 Å². The Morgan fingerprint density at radius 3 is 2.56 bits per heavy atom. The molecule has 4 heteroatoms. The van der Waals surface area contributed by atoms with E-state index < -0.39 is 0 Å². The zero-order chi connectivity index (χ0) is 18.6. The summed E-state index contributed by atoms with van der Waals surface area (Å²) in [6, 6.07) is 18.3. The van der Waals surface area contributed by atoms with E-state index in [2.05, 4.69) is 95.8 Å². The molecule has 0 amide bonds. The summed E-state index contributed by atoms with van der Waals surface area (Å²) in [4.78, 5) is 5.62. The van der Waals surface area contributed by atoms with Gasteiger partial charge in [-0.3, -0.25) is 0 Å². The topological polar surface area (TPSA) is 31.1 Å². The van der Waals surface area contributed by atoms with Crippen LogP contribution in [0.25, 0.3) is 10.9 Å². The van der Waals surface area contributed by atoms with Crippen molar-refractivity contribution in [3.63, 3.8) is 0 Å². The molecule has 0 bridgehead atoms. The maximum absolute atomic E-state index is 3.87. The molecule has 142 valence electrons. The molecule has 0 saturated carbocycles. The number of fused-ring (bicyclic) bond motifs is 1.